The van der Waals surface area contributed by atoms with E-state index >= 15 is 0 Å². The molecule has 15 rings (SSSR count). The van der Waals surface area contributed by atoms with Crippen LogP contribution < -0.4 is 4.90 Å². The highest BCUT2D eigenvalue weighted by atomic mass is 16.3. The van der Waals surface area contributed by atoms with Crippen molar-refractivity contribution in [3.05, 3.63) is 271 Å². The molecule has 0 aliphatic heterocycles. The van der Waals surface area contributed by atoms with Gasteiger partial charge in [-0.3, -0.25) is 0 Å². The van der Waals surface area contributed by atoms with Gasteiger partial charge in [0.2, 0.25) is 0 Å². The molecule has 0 N–H and O–H groups in total. The van der Waals surface area contributed by atoms with E-state index in [1.54, 1.807) is 0 Å². The summed E-state index contributed by atoms with van der Waals surface area (Å²) in [7, 11) is 0. The lowest BCUT2D eigenvalue weighted by atomic mass is 9.68. The zero-order valence-corrected chi connectivity index (χ0v) is 37.9. The van der Waals surface area contributed by atoms with Crippen LogP contribution in [0.5, 0.6) is 0 Å². The second-order valence-electron chi connectivity index (χ2n) is 18.7. The van der Waals surface area contributed by atoms with Gasteiger partial charge in [0.1, 0.15) is 22.3 Å². The number of benzene rings is 11. The van der Waals surface area contributed by atoms with Gasteiger partial charge in [0, 0.05) is 49.7 Å². The molecular weight excluding hydrogens is 851 g/mol. The zero-order valence-electron chi connectivity index (χ0n) is 37.9. The minimum atomic E-state index is -0.580. The molecular formula is C67H41NO2. The van der Waals surface area contributed by atoms with Crippen LogP contribution in [-0.2, 0) is 5.41 Å². The van der Waals surface area contributed by atoms with Crippen LogP contribution in [0, 0.1) is 0 Å². The molecule has 3 heteroatoms. The summed E-state index contributed by atoms with van der Waals surface area (Å²) in [6.45, 7) is 0. The maximum absolute atomic E-state index is 7.15. The molecule has 1 spiro atoms. The lowest BCUT2D eigenvalue weighted by molar-refractivity contribution is 0.668. The zero-order chi connectivity index (χ0) is 45.9. The summed E-state index contributed by atoms with van der Waals surface area (Å²) >= 11 is 0. The quantitative estimate of drug-likeness (QED) is 0.167. The second-order valence-corrected chi connectivity index (χ2v) is 18.7. The number of para-hydroxylation sites is 3. The van der Waals surface area contributed by atoms with E-state index in [0.29, 0.717) is 0 Å². The van der Waals surface area contributed by atoms with Gasteiger partial charge >= 0.3 is 0 Å². The van der Waals surface area contributed by atoms with Crippen molar-refractivity contribution in [2.45, 2.75) is 5.41 Å². The van der Waals surface area contributed by atoms with Gasteiger partial charge in [0.25, 0.3) is 0 Å². The maximum atomic E-state index is 7.15. The monoisotopic (exact) mass is 891 g/mol. The Bertz CT molecular complexity index is 4190. The third kappa shape index (κ3) is 5.46. The first-order valence-electron chi connectivity index (χ1n) is 24.1. The minimum Gasteiger partial charge on any atom is -0.455 e. The Morgan fingerprint density at radius 1 is 0.286 bits per heavy atom. The number of furan rings is 2. The largest absolute Gasteiger partial charge is 0.455 e. The molecule has 0 saturated carbocycles. The van der Waals surface area contributed by atoms with Crippen molar-refractivity contribution in [2.24, 2.45) is 0 Å². The Morgan fingerprint density at radius 2 is 0.757 bits per heavy atom. The van der Waals surface area contributed by atoms with Crippen LogP contribution in [0.3, 0.4) is 0 Å². The predicted octanol–water partition coefficient (Wildman–Crippen LogP) is 18.3. The van der Waals surface area contributed by atoms with Gasteiger partial charge in [-0.25, -0.2) is 0 Å². The van der Waals surface area contributed by atoms with Crippen LogP contribution in [-0.4, -0.2) is 0 Å². The van der Waals surface area contributed by atoms with Crippen molar-refractivity contribution in [2.75, 3.05) is 4.90 Å². The van der Waals surface area contributed by atoms with Gasteiger partial charge in [-0.15, -0.1) is 0 Å². The second kappa shape index (κ2) is 14.9. The highest BCUT2D eigenvalue weighted by Gasteiger charge is 2.53. The molecule has 13 aromatic rings. The predicted molar refractivity (Wildman–Crippen MR) is 288 cm³/mol. The fourth-order valence-corrected chi connectivity index (χ4v) is 12.2. The Balaban J connectivity index is 0.967. The first-order valence-corrected chi connectivity index (χ1v) is 24.1. The van der Waals surface area contributed by atoms with Gasteiger partial charge in [-0.05, 0) is 121 Å². The standard InChI is InChI=1S/C67H41NO2/c1-2-16-42(17-3-1)43-32-36-46(37-33-43)68(47-38-34-44(35-39-47)49-25-15-26-55-53-23-7-12-30-61(53)69-65(49)55)48-19-14-18-45(40-48)63-64-56(41-57-54-24-8-13-31-62(54)70-66(57)63)52-22-6-11-29-60(52)67(64)58-27-9-4-20-50(58)51-21-5-10-28-59(51)67/h1-41H. The van der Waals surface area contributed by atoms with Crippen LogP contribution in [0.15, 0.2) is 258 Å². The number of hydrogen-bond donors (Lipinski definition) is 0. The van der Waals surface area contributed by atoms with Crippen molar-refractivity contribution >= 4 is 60.9 Å². The molecule has 0 bridgehead atoms. The Hall–Kier alpha value is -9.18. The fraction of sp³-hybridized carbons (Fsp3) is 0.0149. The maximum Gasteiger partial charge on any atom is 0.143 e. The summed E-state index contributed by atoms with van der Waals surface area (Å²) in [5.74, 6) is 0. The SMILES string of the molecule is c1ccc(-c2ccc(N(c3ccc(-c4cccc5c4oc4ccccc45)cc3)c3cccc(-c4c5c(cc6c4oc4ccccc46)-c4ccccc4C54c5ccccc5-c5ccccc54)c3)cc2)cc1. The molecule has 2 aliphatic rings. The first kappa shape index (κ1) is 38.9. The number of hydrogen-bond acceptors (Lipinski definition) is 3. The molecule has 0 amide bonds. The normalized spacial score (nSPS) is 13.0. The van der Waals surface area contributed by atoms with E-state index in [4.69, 9.17) is 8.83 Å². The summed E-state index contributed by atoms with van der Waals surface area (Å²) in [6, 6.07) is 90.3. The van der Waals surface area contributed by atoms with Crippen molar-refractivity contribution < 1.29 is 8.83 Å². The molecule has 0 saturated heterocycles. The van der Waals surface area contributed by atoms with Gasteiger partial charge < -0.3 is 13.7 Å². The molecule has 3 nitrogen and oxygen atoms in total. The molecule has 0 unspecified atom stereocenters. The average Bonchev–Trinajstić information content (AvgIpc) is 4.17. The first-order chi connectivity index (χ1) is 34.7. The van der Waals surface area contributed by atoms with Crippen molar-refractivity contribution in [3.63, 3.8) is 0 Å². The Morgan fingerprint density at radius 3 is 1.41 bits per heavy atom. The summed E-state index contributed by atoms with van der Waals surface area (Å²) in [5, 5.41) is 4.47. The van der Waals surface area contributed by atoms with Gasteiger partial charge in [0.05, 0.1) is 5.41 Å². The van der Waals surface area contributed by atoms with E-state index in [2.05, 4.69) is 241 Å². The van der Waals surface area contributed by atoms with Crippen molar-refractivity contribution in [1.29, 1.82) is 0 Å². The van der Waals surface area contributed by atoms with E-state index in [1.807, 2.05) is 12.1 Å². The fourth-order valence-electron chi connectivity index (χ4n) is 12.2. The number of rotatable bonds is 6. The third-order valence-electron chi connectivity index (χ3n) is 15.1. The molecule has 326 valence electrons. The lowest BCUT2D eigenvalue weighted by Gasteiger charge is -2.32. The van der Waals surface area contributed by atoms with Crippen LogP contribution in [0.2, 0.25) is 0 Å². The topological polar surface area (TPSA) is 29.5 Å². The summed E-state index contributed by atoms with van der Waals surface area (Å²) in [6.07, 6.45) is 0. The van der Waals surface area contributed by atoms with Crippen LogP contribution in [0.1, 0.15) is 22.3 Å². The third-order valence-corrected chi connectivity index (χ3v) is 15.1. The van der Waals surface area contributed by atoms with E-state index in [-0.39, 0.29) is 0 Å². The van der Waals surface area contributed by atoms with E-state index < -0.39 is 5.41 Å². The number of anilines is 3. The summed E-state index contributed by atoms with van der Waals surface area (Å²) in [4.78, 5) is 2.38. The number of fused-ring (bicyclic) bond motifs is 16. The molecule has 0 radical (unpaired) electrons. The Labute approximate surface area is 404 Å². The highest BCUT2D eigenvalue weighted by molar-refractivity contribution is 6.15. The van der Waals surface area contributed by atoms with Gasteiger partial charge in [-0.2, -0.15) is 0 Å². The smallest absolute Gasteiger partial charge is 0.143 e. The van der Waals surface area contributed by atoms with Crippen LogP contribution >= 0.6 is 0 Å². The molecule has 2 aromatic heterocycles. The molecule has 0 fully saturated rings. The Kier molecular flexibility index (Phi) is 8.28. The van der Waals surface area contributed by atoms with Crippen molar-refractivity contribution in [1.82, 2.24) is 0 Å². The van der Waals surface area contributed by atoms with Gasteiger partial charge in [-0.1, -0.05) is 194 Å². The molecule has 0 atom stereocenters. The van der Waals surface area contributed by atoms with E-state index in [1.165, 1.54) is 55.6 Å². The molecule has 2 aliphatic carbocycles. The minimum absolute atomic E-state index is 0.580. The molecule has 11 aromatic carbocycles. The molecule has 70 heavy (non-hydrogen) atoms. The highest BCUT2D eigenvalue weighted by Crippen LogP contribution is 2.66. The van der Waals surface area contributed by atoms with Crippen LogP contribution in [0.4, 0.5) is 17.1 Å². The average molecular weight is 892 g/mol. The van der Waals surface area contributed by atoms with Crippen molar-refractivity contribution in [3.8, 4) is 55.6 Å². The lowest BCUT2D eigenvalue weighted by Crippen LogP contribution is -2.26. The number of nitrogens with zero attached hydrogens (tertiary/aromatic N) is 1. The summed E-state index contributed by atoms with van der Waals surface area (Å²) < 4.78 is 13.7. The van der Waals surface area contributed by atoms with Crippen LogP contribution in [0.25, 0.3) is 99.5 Å². The van der Waals surface area contributed by atoms with Gasteiger partial charge in [0.15, 0.2) is 0 Å². The molecule has 2 heterocycles. The van der Waals surface area contributed by atoms with E-state index in [9.17, 15) is 0 Å². The summed E-state index contributed by atoms with van der Waals surface area (Å²) in [5.41, 5.74) is 23.1. The van der Waals surface area contributed by atoms with E-state index in [0.717, 1.165) is 83.2 Å².